The number of rotatable bonds is 7. The van der Waals surface area contributed by atoms with Gasteiger partial charge >= 0.3 is 37.9 Å². The molecule has 0 amide bonds. The first kappa shape index (κ1) is 24.0. The molecular formula is C24H31Cl2SiZr-. The van der Waals surface area contributed by atoms with Gasteiger partial charge < -0.3 is 0 Å². The molecule has 0 atom stereocenters. The summed E-state index contributed by atoms with van der Waals surface area (Å²) in [5, 5.41) is 4.33. The van der Waals surface area contributed by atoms with Gasteiger partial charge in [-0.15, -0.1) is 34.5 Å². The van der Waals surface area contributed by atoms with Crippen molar-refractivity contribution in [3.63, 3.8) is 0 Å². The third-order valence-corrected chi connectivity index (χ3v) is 7.26. The van der Waals surface area contributed by atoms with Crippen LogP contribution >= 0.6 is 17.0 Å². The number of aryl methyl sites for hydroxylation is 1. The molecule has 0 unspecified atom stereocenters. The minimum absolute atomic E-state index is 0.826. The van der Waals surface area contributed by atoms with Crippen molar-refractivity contribution in [2.45, 2.75) is 58.7 Å². The summed E-state index contributed by atoms with van der Waals surface area (Å²) < 4.78 is 0. The third kappa shape index (κ3) is 6.91. The number of hydrogen-bond acceptors (Lipinski definition) is 0. The van der Waals surface area contributed by atoms with Crippen LogP contribution in [-0.2, 0) is 27.3 Å². The van der Waals surface area contributed by atoms with Gasteiger partial charge in [0, 0.05) is 0 Å². The van der Waals surface area contributed by atoms with Gasteiger partial charge in [-0.2, -0.15) is 6.07 Å². The fourth-order valence-corrected chi connectivity index (χ4v) is 4.77. The second kappa shape index (κ2) is 11.8. The van der Waals surface area contributed by atoms with E-state index in [4.69, 9.17) is 17.0 Å². The van der Waals surface area contributed by atoms with Gasteiger partial charge in [0.25, 0.3) is 0 Å². The van der Waals surface area contributed by atoms with E-state index < -0.39 is 28.9 Å². The minimum atomic E-state index is -1.23. The standard InChI is InChI=1S/C24H31Si.2ClH.Zr/c1-5-6-7-8-10-19-17-21-11-9-12-23(24(21)18-19)20-13-15-22(16-14-20)25(2,3)4;;;/h9,11-18H,5-8,10H2,1-4H3;2*1H;/q-1;;;+2/p-2. The molecule has 0 fully saturated rings. The number of unbranched alkanes of at least 4 members (excludes halogenated alkanes) is 3. The fraction of sp³-hybridized carbons (Fsp3) is 0.375. The monoisotopic (exact) mass is 507 g/mol. The van der Waals surface area contributed by atoms with Crippen LogP contribution in [0.1, 0.15) is 38.2 Å². The van der Waals surface area contributed by atoms with Gasteiger partial charge in [0.2, 0.25) is 0 Å². The number of halogens is 2. The molecule has 0 spiro atoms. The van der Waals surface area contributed by atoms with Crippen LogP contribution in [0.25, 0.3) is 21.9 Å². The van der Waals surface area contributed by atoms with Gasteiger partial charge in [0.05, 0.1) is 8.07 Å². The van der Waals surface area contributed by atoms with Gasteiger partial charge in [0.1, 0.15) is 0 Å². The zero-order valence-electron chi connectivity index (χ0n) is 17.5. The normalized spacial score (nSPS) is 11.2. The zero-order valence-corrected chi connectivity index (χ0v) is 22.5. The van der Waals surface area contributed by atoms with E-state index in [0.29, 0.717) is 0 Å². The summed E-state index contributed by atoms with van der Waals surface area (Å²) in [5.74, 6) is 0. The van der Waals surface area contributed by atoms with E-state index in [2.05, 4.69) is 81.2 Å². The molecule has 0 bridgehead atoms. The van der Waals surface area contributed by atoms with Gasteiger partial charge in [-0.3, -0.25) is 0 Å². The molecular weight excluding hydrogens is 478 g/mol. The maximum atomic E-state index is 4.93. The summed E-state index contributed by atoms with van der Waals surface area (Å²) in [6, 6.07) is 20.9. The molecule has 28 heavy (non-hydrogen) atoms. The fourth-order valence-electron chi connectivity index (χ4n) is 3.60. The first-order valence-electron chi connectivity index (χ1n) is 10.2. The summed E-state index contributed by atoms with van der Waals surface area (Å²) in [4.78, 5) is 0. The van der Waals surface area contributed by atoms with Crippen molar-refractivity contribution in [1.82, 2.24) is 0 Å². The molecule has 0 saturated heterocycles. The molecule has 3 aromatic carbocycles. The topological polar surface area (TPSA) is 0 Å². The van der Waals surface area contributed by atoms with Gasteiger partial charge in [-0.1, -0.05) is 93.3 Å². The molecule has 0 saturated carbocycles. The molecule has 3 aromatic rings. The number of benzene rings is 2. The quantitative estimate of drug-likeness (QED) is 0.171. The molecule has 0 aromatic heterocycles. The SMILES string of the molecule is CCCCCCc1cc2c(-c3ccc([Si](C)(C)C)cc3)cccc2[cH-]1.[Cl][Zr][Cl]. The first-order valence-corrected chi connectivity index (χ1v) is 20.0. The Morgan fingerprint density at radius 1 is 0.929 bits per heavy atom. The van der Waals surface area contributed by atoms with Crippen molar-refractivity contribution in [3.8, 4) is 11.1 Å². The second-order valence-corrected chi connectivity index (χ2v) is 17.2. The summed E-state index contributed by atoms with van der Waals surface area (Å²) in [5.41, 5.74) is 4.22. The Kier molecular flexibility index (Phi) is 10.1. The predicted octanol–water partition coefficient (Wildman–Crippen LogP) is 8.27. The van der Waals surface area contributed by atoms with E-state index in [0.717, 1.165) is 0 Å². The average Bonchev–Trinajstić information content (AvgIpc) is 3.08. The van der Waals surface area contributed by atoms with Crippen molar-refractivity contribution in [2.24, 2.45) is 0 Å². The first-order chi connectivity index (χ1) is 13.4. The summed E-state index contributed by atoms with van der Waals surface area (Å²) in [7, 11) is 8.64. The predicted molar refractivity (Wildman–Crippen MR) is 128 cm³/mol. The van der Waals surface area contributed by atoms with Gasteiger partial charge in [-0.05, 0) is 12.0 Å². The summed E-state index contributed by atoms with van der Waals surface area (Å²) in [6.07, 6.45) is 6.53. The Morgan fingerprint density at radius 3 is 2.21 bits per heavy atom. The van der Waals surface area contributed by atoms with Crippen LogP contribution < -0.4 is 5.19 Å². The van der Waals surface area contributed by atoms with Crippen LogP contribution in [0.2, 0.25) is 19.6 Å². The Balaban J connectivity index is 0.000000878. The van der Waals surface area contributed by atoms with Crippen molar-refractivity contribution in [2.75, 3.05) is 0 Å². The Bertz CT molecular complexity index is 847. The van der Waals surface area contributed by atoms with Gasteiger partial charge in [0.15, 0.2) is 0 Å². The Morgan fingerprint density at radius 2 is 1.61 bits per heavy atom. The summed E-state index contributed by atoms with van der Waals surface area (Å²) in [6.45, 7) is 9.50. The molecule has 0 nitrogen and oxygen atoms in total. The Labute approximate surface area is 190 Å². The molecule has 0 aliphatic carbocycles. The van der Waals surface area contributed by atoms with Crippen molar-refractivity contribution < 1.29 is 20.8 Å². The number of hydrogen-bond donors (Lipinski definition) is 0. The van der Waals surface area contributed by atoms with E-state index in [-0.39, 0.29) is 0 Å². The van der Waals surface area contributed by atoms with E-state index in [1.165, 1.54) is 64.8 Å². The van der Waals surface area contributed by atoms with Crippen LogP contribution in [0, 0.1) is 0 Å². The van der Waals surface area contributed by atoms with Crippen molar-refractivity contribution in [1.29, 1.82) is 0 Å². The third-order valence-electron chi connectivity index (χ3n) is 5.19. The molecule has 4 heteroatoms. The van der Waals surface area contributed by atoms with Crippen molar-refractivity contribution in [3.05, 3.63) is 60.2 Å². The van der Waals surface area contributed by atoms with E-state index in [1.807, 2.05) is 0 Å². The summed E-state index contributed by atoms with van der Waals surface area (Å²) >= 11 is -0.826. The van der Waals surface area contributed by atoms with Gasteiger partial charge in [-0.25, -0.2) is 0 Å². The van der Waals surface area contributed by atoms with E-state index >= 15 is 0 Å². The molecule has 0 aliphatic heterocycles. The zero-order chi connectivity index (χ0) is 20.6. The Hall–Kier alpha value is -0.270. The molecule has 3 rings (SSSR count). The second-order valence-electron chi connectivity index (χ2n) is 8.38. The van der Waals surface area contributed by atoms with Crippen LogP contribution in [0.3, 0.4) is 0 Å². The van der Waals surface area contributed by atoms with E-state index in [1.54, 1.807) is 0 Å². The van der Waals surface area contributed by atoms with Crippen LogP contribution in [-0.4, -0.2) is 8.07 Å². The van der Waals surface area contributed by atoms with Crippen LogP contribution in [0.15, 0.2) is 54.6 Å². The number of fused-ring (bicyclic) bond motifs is 1. The van der Waals surface area contributed by atoms with Crippen LogP contribution in [0.5, 0.6) is 0 Å². The van der Waals surface area contributed by atoms with Crippen LogP contribution in [0.4, 0.5) is 0 Å². The molecule has 0 aliphatic rings. The molecule has 0 N–H and O–H groups in total. The average molecular weight is 510 g/mol. The van der Waals surface area contributed by atoms with E-state index in [9.17, 15) is 0 Å². The van der Waals surface area contributed by atoms with Crippen molar-refractivity contribution >= 4 is 41.1 Å². The molecule has 0 heterocycles. The molecule has 0 radical (unpaired) electrons. The molecule has 150 valence electrons. The maximum absolute atomic E-state index is 4.93.